The van der Waals surface area contributed by atoms with Crippen LogP contribution in [-0.2, 0) is 10.4 Å². The third-order valence-corrected chi connectivity index (χ3v) is 3.46. The van der Waals surface area contributed by atoms with Crippen molar-refractivity contribution in [2.45, 2.75) is 0 Å². The van der Waals surface area contributed by atoms with Gasteiger partial charge < -0.3 is 19.2 Å². The second kappa shape index (κ2) is 7.02. The molecule has 94 valence electrons. The van der Waals surface area contributed by atoms with Crippen molar-refractivity contribution in [1.29, 1.82) is 0 Å². The summed E-state index contributed by atoms with van der Waals surface area (Å²) in [6.45, 7) is 0. The maximum absolute atomic E-state index is 10.5. The average Bonchev–Trinajstić information content (AvgIpc) is 2.47. The van der Waals surface area contributed by atoms with Gasteiger partial charge in [-0.15, -0.1) is 0 Å². The van der Waals surface area contributed by atoms with Crippen LogP contribution in [0.15, 0.2) is 22.8 Å². The molecule has 18 heavy (non-hydrogen) atoms. The molecule has 2 rings (SSSR count). The molecule has 0 spiro atoms. The molecule has 10 heteroatoms. The third kappa shape index (κ3) is 4.44. The van der Waals surface area contributed by atoms with Crippen LogP contribution in [0.1, 0.15) is 0 Å². The van der Waals surface area contributed by atoms with Gasteiger partial charge in [0.25, 0.3) is 10.4 Å². The molecular formula is C8H6BrClKNO5S. The summed E-state index contributed by atoms with van der Waals surface area (Å²) in [5.74, 6) is -0.0534. The number of benzene rings is 1. The van der Waals surface area contributed by atoms with Crippen molar-refractivity contribution in [3.05, 3.63) is 27.8 Å². The van der Waals surface area contributed by atoms with Gasteiger partial charge in [0.05, 0.1) is 10.5 Å². The van der Waals surface area contributed by atoms with Crippen LogP contribution in [0.3, 0.4) is 0 Å². The van der Waals surface area contributed by atoms with Gasteiger partial charge in [-0.05, 0) is 28.1 Å². The van der Waals surface area contributed by atoms with Crippen molar-refractivity contribution < 1.29 is 74.0 Å². The quantitative estimate of drug-likeness (QED) is 0.391. The van der Waals surface area contributed by atoms with E-state index in [1.807, 2.05) is 0 Å². The molecule has 0 bridgehead atoms. The molecule has 0 atom stereocenters. The Hall–Kier alpha value is 0.836. The maximum atomic E-state index is 10.5. The molecule has 6 nitrogen and oxygen atoms in total. The predicted molar refractivity (Wildman–Crippen MR) is 64.9 cm³/mol. The minimum absolute atomic E-state index is 0. The van der Waals surface area contributed by atoms with E-state index < -0.39 is 10.4 Å². The average molecular weight is 383 g/mol. The number of aromatic amines is 1. The zero-order chi connectivity index (χ0) is 11.9. The molecule has 0 saturated heterocycles. The molecule has 3 N–H and O–H groups in total. The molecule has 1 aromatic carbocycles. The van der Waals surface area contributed by atoms with Crippen molar-refractivity contribution >= 4 is 48.8 Å². The van der Waals surface area contributed by atoms with Crippen LogP contribution >= 0.6 is 27.5 Å². The summed E-state index contributed by atoms with van der Waals surface area (Å²) in [4.78, 5) is 2.75. The first-order chi connectivity index (χ1) is 7.37. The van der Waals surface area contributed by atoms with Gasteiger partial charge in [-0.25, -0.2) is 8.42 Å². The van der Waals surface area contributed by atoms with Crippen molar-refractivity contribution in [2.75, 3.05) is 0 Å². The third-order valence-electron chi connectivity index (χ3n) is 1.88. The molecule has 0 aliphatic carbocycles. The Balaban J connectivity index is 0.00000144. The van der Waals surface area contributed by atoms with Crippen LogP contribution in [0.25, 0.3) is 10.9 Å². The first-order valence-corrected chi connectivity index (χ1v) is 6.49. The SMILES string of the molecule is O.O=S(=O)([O-])Oc1c[nH]c2cc(Cl)c(Br)cc12.[K+]. The summed E-state index contributed by atoms with van der Waals surface area (Å²) < 4.78 is 36.2. The summed E-state index contributed by atoms with van der Waals surface area (Å²) in [5, 5.41) is 0.918. The van der Waals surface area contributed by atoms with E-state index in [1.54, 1.807) is 12.1 Å². The summed E-state index contributed by atoms with van der Waals surface area (Å²) in [7, 11) is -4.78. The number of nitrogens with one attached hydrogen (secondary N) is 1. The number of H-pyrrole nitrogens is 1. The van der Waals surface area contributed by atoms with Gasteiger partial charge in [-0.3, -0.25) is 0 Å². The number of halogens is 2. The predicted octanol–water partition coefficient (Wildman–Crippen LogP) is -1.40. The van der Waals surface area contributed by atoms with Gasteiger partial charge in [0.1, 0.15) is 0 Å². The van der Waals surface area contributed by atoms with E-state index in [4.69, 9.17) is 11.6 Å². The molecular weight excluding hydrogens is 377 g/mol. The topological polar surface area (TPSA) is 114 Å². The minimum Gasteiger partial charge on any atom is -0.716 e. The van der Waals surface area contributed by atoms with E-state index in [1.165, 1.54) is 6.20 Å². The first kappa shape index (κ1) is 18.8. The standard InChI is InChI=1S/C8H5BrClNO4S.K.H2O/c9-5-1-4-7(2-6(5)10)11-3-8(4)15-16(12,13)14;;/h1-3,11H,(H,12,13,14);;1H2/q;+1;/p-1. The smallest absolute Gasteiger partial charge is 0.716 e. The molecule has 0 fully saturated rings. The Morgan fingerprint density at radius 3 is 2.56 bits per heavy atom. The van der Waals surface area contributed by atoms with Crippen molar-refractivity contribution in [2.24, 2.45) is 0 Å². The summed E-state index contributed by atoms with van der Waals surface area (Å²) in [6.07, 6.45) is 1.28. The Labute approximate surface area is 159 Å². The number of rotatable bonds is 2. The van der Waals surface area contributed by atoms with Crippen molar-refractivity contribution in [1.82, 2.24) is 4.98 Å². The largest absolute Gasteiger partial charge is 1.00 e. The van der Waals surface area contributed by atoms with Crippen LogP contribution in [-0.4, -0.2) is 23.4 Å². The Kier molecular flexibility index (Phi) is 7.35. The molecule has 0 saturated carbocycles. The van der Waals surface area contributed by atoms with Crippen LogP contribution in [0.5, 0.6) is 5.75 Å². The van der Waals surface area contributed by atoms with Gasteiger partial charge in [-0.1, -0.05) is 11.6 Å². The fraction of sp³-hybridized carbons (Fsp3) is 0. The fourth-order valence-corrected chi connectivity index (χ4v) is 2.13. The van der Waals surface area contributed by atoms with Crippen LogP contribution in [0, 0.1) is 0 Å². The van der Waals surface area contributed by atoms with Gasteiger partial charge in [0, 0.05) is 16.1 Å². The van der Waals surface area contributed by atoms with Gasteiger partial charge in [-0.2, -0.15) is 0 Å². The monoisotopic (exact) mass is 381 g/mol. The molecule has 0 aliphatic heterocycles. The zero-order valence-electron chi connectivity index (χ0n) is 9.03. The van der Waals surface area contributed by atoms with E-state index >= 15 is 0 Å². The molecule has 0 amide bonds. The Morgan fingerprint density at radius 2 is 2.00 bits per heavy atom. The van der Waals surface area contributed by atoms with E-state index in [0.29, 0.717) is 20.4 Å². The van der Waals surface area contributed by atoms with E-state index in [-0.39, 0.29) is 62.6 Å². The van der Waals surface area contributed by atoms with Crippen LogP contribution < -0.4 is 55.6 Å². The van der Waals surface area contributed by atoms with Gasteiger partial charge in [0.2, 0.25) is 0 Å². The number of hydrogen-bond acceptors (Lipinski definition) is 4. The van der Waals surface area contributed by atoms with Gasteiger partial charge >= 0.3 is 51.4 Å². The molecule has 0 radical (unpaired) electrons. The molecule has 1 heterocycles. The Bertz CT molecular complexity index is 659. The second-order valence-corrected chi connectivity index (χ2v) is 5.20. The number of hydrogen-bond donors (Lipinski definition) is 1. The van der Waals surface area contributed by atoms with E-state index in [9.17, 15) is 13.0 Å². The second-order valence-electron chi connectivity index (χ2n) is 2.96. The summed E-state index contributed by atoms with van der Waals surface area (Å²) >= 11 is 9.03. The van der Waals surface area contributed by atoms with Crippen molar-refractivity contribution in [3.63, 3.8) is 0 Å². The minimum atomic E-state index is -4.78. The fourth-order valence-electron chi connectivity index (χ4n) is 1.27. The van der Waals surface area contributed by atoms with E-state index in [2.05, 4.69) is 25.1 Å². The summed E-state index contributed by atoms with van der Waals surface area (Å²) in [5.41, 5.74) is 0.576. The van der Waals surface area contributed by atoms with Crippen LogP contribution in [0.4, 0.5) is 0 Å². The van der Waals surface area contributed by atoms with Crippen molar-refractivity contribution in [3.8, 4) is 5.75 Å². The Morgan fingerprint density at radius 1 is 1.39 bits per heavy atom. The number of fused-ring (bicyclic) bond motifs is 1. The molecule has 1 aromatic heterocycles. The molecule has 0 aliphatic rings. The van der Waals surface area contributed by atoms with E-state index in [0.717, 1.165) is 0 Å². The zero-order valence-corrected chi connectivity index (χ0v) is 15.3. The molecule has 0 unspecified atom stereocenters. The first-order valence-electron chi connectivity index (χ1n) is 3.98. The molecule has 2 aromatic rings. The normalized spacial score (nSPS) is 10.6. The van der Waals surface area contributed by atoms with Crippen LogP contribution in [0.2, 0.25) is 5.02 Å². The maximum Gasteiger partial charge on any atom is 1.00 e. The van der Waals surface area contributed by atoms with Gasteiger partial charge in [0.15, 0.2) is 5.75 Å². The summed E-state index contributed by atoms with van der Waals surface area (Å²) in [6, 6.07) is 3.15. The number of aromatic nitrogens is 1.